The Bertz CT molecular complexity index is 1250. The molecule has 0 aliphatic carbocycles. The van der Waals surface area contributed by atoms with Gasteiger partial charge in [0.05, 0.1) is 0 Å². The fourth-order valence-electron chi connectivity index (χ4n) is 3.27. The zero-order valence-electron chi connectivity index (χ0n) is 16.6. The maximum atomic E-state index is 5.99. The number of fused-ring (bicyclic) bond motifs is 3. The maximum absolute atomic E-state index is 5.99. The van der Waals surface area contributed by atoms with Gasteiger partial charge < -0.3 is 14.2 Å². The zero-order chi connectivity index (χ0) is 20.3. The number of para-hydroxylation sites is 1. The van der Waals surface area contributed by atoms with Gasteiger partial charge in [-0.2, -0.15) is 35.1 Å². The van der Waals surface area contributed by atoms with Crippen LogP contribution in [0.5, 0.6) is 0 Å². The fraction of sp³-hybridized carbons (Fsp3) is 0.0455. The smallest absolute Gasteiger partial charge is 0.514 e. The van der Waals surface area contributed by atoms with Crippen LogP contribution in [0.25, 0.3) is 21.9 Å². The normalized spacial score (nSPS) is 12.7. The van der Waals surface area contributed by atoms with Crippen LogP contribution < -0.4 is 4.90 Å². The number of rotatable bonds is 3. The molecule has 0 saturated heterocycles. The molecule has 0 atom stereocenters. The zero-order valence-corrected chi connectivity index (χ0v) is 18.9. The predicted octanol–water partition coefficient (Wildman–Crippen LogP) is 3.74. The van der Waals surface area contributed by atoms with Gasteiger partial charge in [-0.1, -0.05) is 29.3 Å². The number of furan rings is 1. The third-order valence-electron chi connectivity index (χ3n) is 4.63. The minimum absolute atomic E-state index is 0. The molecular weight excluding hydrogens is 570 g/mol. The van der Waals surface area contributed by atoms with E-state index in [4.69, 9.17) is 4.42 Å². The summed E-state index contributed by atoms with van der Waals surface area (Å²) in [6.07, 6.45) is 11.1. The van der Waals surface area contributed by atoms with Crippen LogP contribution in [-0.4, -0.2) is 38.9 Å². The van der Waals surface area contributed by atoms with Crippen LogP contribution in [0.1, 0.15) is 0 Å². The van der Waals surface area contributed by atoms with E-state index in [0.29, 0.717) is 0 Å². The number of anilines is 1. The molecular formula is C22H18BN6OPt. The van der Waals surface area contributed by atoms with Gasteiger partial charge in [0.1, 0.15) is 5.58 Å². The molecule has 1 aliphatic heterocycles. The van der Waals surface area contributed by atoms with Crippen LogP contribution in [0.3, 0.4) is 0 Å². The largest absolute Gasteiger partial charge is 2.00 e. The van der Waals surface area contributed by atoms with E-state index in [1.807, 2.05) is 90.8 Å². The molecule has 6 rings (SSSR count). The van der Waals surface area contributed by atoms with Gasteiger partial charge >= 0.3 is 28.6 Å². The van der Waals surface area contributed by atoms with Crippen molar-refractivity contribution >= 4 is 35.2 Å². The van der Waals surface area contributed by atoms with E-state index in [1.54, 1.807) is 29.1 Å². The summed E-state index contributed by atoms with van der Waals surface area (Å²) in [7, 11) is 3.77. The van der Waals surface area contributed by atoms with Crippen LogP contribution in [0.15, 0.2) is 90.1 Å². The molecule has 0 N–H and O–H groups in total. The molecule has 2 aromatic carbocycles. The summed E-state index contributed by atoms with van der Waals surface area (Å²) < 4.78 is 9.36. The van der Waals surface area contributed by atoms with Gasteiger partial charge in [0, 0.05) is 35.8 Å². The average Bonchev–Trinajstić information content (AvgIpc) is 3.56. The molecule has 1 radical (unpaired) electrons. The molecule has 155 valence electrons. The number of hydrogen-bond acceptors (Lipinski definition) is 5. The van der Waals surface area contributed by atoms with Gasteiger partial charge in [-0.3, -0.25) is 9.19 Å². The average molecular weight is 588 g/mol. The van der Waals surface area contributed by atoms with Crippen molar-refractivity contribution in [1.82, 2.24) is 24.3 Å². The van der Waals surface area contributed by atoms with E-state index >= 15 is 0 Å². The molecule has 1 aliphatic rings. The summed E-state index contributed by atoms with van der Waals surface area (Å²) in [5.41, 5.74) is 2.73. The second-order valence-electron chi connectivity index (χ2n) is 6.74. The molecule has 31 heavy (non-hydrogen) atoms. The van der Waals surface area contributed by atoms with Crippen LogP contribution in [0, 0.1) is 12.7 Å². The minimum atomic E-state index is 0. The fourth-order valence-corrected chi connectivity index (χ4v) is 3.27. The second kappa shape index (κ2) is 9.27. The van der Waals surface area contributed by atoms with E-state index in [1.165, 1.54) is 0 Å². The van der Waals surface area contributed by atoms with Crippen molar-refractivity contribution in [3.63, 3.8) is 0 Å². The number of hydrogen-bond donors (Lipinski definition) is 0. The van der Waals surface area contributed by atoms with Gasteiger partial charge in [-0.25, -0.2) is 0 Å². The summed E-state index contributed by atoms with van der Waals surface area (Å²) in [4.78, 5) is 4.01. The summed E-state index contributed by atoms with van der Waals surface area (Å²) in [6.45, 7) is 2.00. The van der Waals surface area contributed by atoms with Gasteiger partial charge in [0.15, 0.2) is 0 Å². The molecule has 0 saturated carbocycles. The van der Waals surface area contributed by atoms with Crippen LogP contribution in [0.4, 0.5) is 5.69 Å². The first-order chi connectivity index (χ1) is 14.8. The van der Waals surface area contributed by atoms with Crippen molar-refractivity contribution in [1.29, 1.82) is 0 Å². The number of nitrogens with zero attached hydrogens (tertiary/aromatic N) is 6. The SMILES string of the molecule is CN1C=CN(c2[c-]ccc3c2oc2ccccc23)[CH-]1.[B](n1cccn1)n1cccn1.[Pt+2]. The first kappa shape index (κ1) is 21.0. The maximum Gasteiger partial charge on any atom is 2.00 e. The molecule has 0 fully saturated rings. The Morgan fingerprint density at radius 2 is 1.68 bits per heavy atom. The van der Waals surface area contributed by atoms with Gasteiger partial charge in [0.25, 0.3) is 0 Å². The van der Waals surface area contributed by atoms with Crippen molar-refractivity contribution in [2.45, 2.75) is 0 Å². The number of benzene rings is 2. The summed E-state index contributed by atoms with van der Waals surface area (Å²) in [6, 6.07) is 19.1. The molecule has 4 heterocycles. The van der Waals surface area contributed by atoms with Gasteiger partial charge in [0.2, 0.25) is 0 Å². The Labute approximate surface area is 195 Å². The quantitative estimate of drug-likeness (QED) is 0.238. The van der Waals surface area contributed by atoms with Crippen molar-refractivity contribution in [3.05, 3.63) is 98.5 Å². The first-order valence-corrected chi connectivity index (χ1v) is 9.47. The Hall–Kier alpha value is -3.25. The van der Waals surface area contributed by atoms with E-state index in [9.17, 15) is 0 Å². The molecule has 0 amide bonds. The molecule has 9 heteroatoms. The van der Waals surface area contributed by atoms with Gasteiger partial charge in [-0.15, -0.1) is 0 Å². The Morgan fingerprint density at radius 1 is 0.935 bits per heavy atom. The van der Waals surface area contributed by atoms with Crippen LogP contribution in [-0.2, 0) is 21.1 Å². The van der Waals surface area contributed by atoms with E-state index in [2.05, 4.69) is 22.3 Å². The third-order valence-corrected chi connectivity index (χ3v) is 4.63. The number of aromatic nitrogens is 4. The van der Waals surface area contributed by atoms with Crippen molar-refractivity contribution in [2.24, 2.45) is 0 Å². The molecule has 0 bridgehead atoms. The molecule has 5 aromatic rings. The van der Waals surface area contributed by atoms with Gasteiger partial charge in [-0.05, 0) is 37.6 Å². The monoisotopic (exact) mass is 588 g/mol. The van der Waals surface area contributed by atoms with Crippen molar-refractivity contribution in [2.75, 3.05) is 11.9 Å². The molecule has 0 unspecified atom stereocenters. The predicted molar refractivity (Wildman–Crippen MR) is 117 cm³/mol. The Kier molecular flexibility index (Phi) is 6.28. The van der Waals surface area contributed by atoms with E-state index in [-0.39, 0.29) is 21.1 Å². The Morgan fingerprint density at radius 3 is 2.32 bits per heavy atom. The van der Waals surface area contributed by atoms with E-state index in [0.717, 1.165) is 27.6 Å². The summed E-state index contributed by atoms with van der Waals surface area (Å²) >= 11 is 0. The van der Waals surface area contributed by atoms with Crippen molar-refractivity contribution in [3.8, 4) is 0 Å². The summed E-state index contributed by atoms with van der Waals surface area (Å²) in [5.74, 6) is 0. The Balaban J connectivity index is 0.000000165. The first-order valence-electron chi connectivity index (χ1n) is 9.47. The second-order valence-corrected chi connectivity index (χ2v) is 6.74. The van der Waals surface area contributed by atoms with Crippen molar-refractivity contribution < 1.29 is 25.5 Å². The van der Waals surface area contributed by atoms with Crippen LogP contribution >= 0.6 is 0 Å². The molecule has 0 spiro atoms. The standard InChI is InChI=1S/C16H12N2O.C6H6BN4.Pt/c1-17-9-10-18(11-17)14-7-4-6-13-12-5-2-3-8-15(12)19-16(13)14;1-3-8-10(5-1)7-11-6-2-4-9-11;/h2-6,8-11H,1H3;1-6H;/q-2;;+2. The molecule has 3 aromatic heterocycles. The van der Waals surface area contributed by atoms with Crippen LogP contribution in [0.2, 0.25) is 0 Å². The minimum Gasteiger partial charge on any atom is -0.514 e. The topological polar surface area (TPSA) is 55.3 Å². The summed E-state index contributed by atoms with van der Waals surface area (Å²) in [5, 5.41) is 10.3. The molecule has 7 nitrogen and oxygen atoms in total. The van der Waals surface area contributed by atoms with E-state index < -0.39 is 0 Å². The third kappa shape index (κ3) is 4.44.